The molecule has 40 heavy (non-hydrogen) atoms. The van der Waals surface area contributed by atoms with Gasteiger partial charge in [-0.3, -0.25) is 9.79 Å². The van der Waals surface area contributed by atoms with Gasteiger partial charge in [-0.1, -0.05) is 30.3 Å². The summed E-state index contributed by atoms with van der Waals surface area (Å²) in [7, 11) is 5.56. The van der Waals surface area contributed by atoms with Gasteiger partial charge in [-0.25, -0.2) is 14.4 Å². The highest BCUT2D eigenvalue weighted by Crippen LogP contribution is 2.34. The van der Waals surface area contributed by atoms with E-state index in [1.807, 2.05) is 56.6 Å². The van der Waals surface area contributed by atoms with Crippen LogP contribution in [0.2, 0.25) is 0 Å². The van der Waals surface area contributed by atoms with E-state index in [2.05, 4.69) is 20.5 Å². The van der Waals surface area contributed by atoms with Gasteiger partial charge in [0.25, 0.3) is 0 Å². The second-order valence-corrected chi connectivity index (χ2v) is 10.1. The van der Waals surface area contributed by atoms with Gasteiger partial charge in [0.2, 0.25) is 5.95 Å². The van der Waals surface area contributed by atoms with Gasteiger partial charge in [0.05, 0.1) is 31.1 Å². The van der Waals surface area contributed by atoms with Gasteiger partial charge in [0.15, 0.2) is 5.78 Å². The minimum absolute atomic E-state index is 0.00632. The zero-order chi connectivity index (χ0) is 27.8. The van der Waals surface area contributed by atoms with E-state index >= 15 is 4.39 Å². The number of carbonyl (C=O) groups is 1. The van der Waals surface area contributed by atoms with Gasteiger partial charge >= 0.3 is 0 Å². The van der Waals surface area contributed by atoms with Crippen LogP contribution in [-0.2, 0) is 6.54 Å². The molecule has 2 N–H and O–H groups in total. The van der Waals surface area contributed by atoms with Crippen molar-refractivity contribution in [2.45, 2.75) is 18.6 Å². The number of anilines is 2. The molecule has 0 radical (unpaired) electrons. The summed E-state index contributed by atoms with van der Waals surface area (Å²) in [6.07, 6.45) is 1.74. The molecule has 3 aromatic carbocycles. The third-order valence-electron chi connectivity index (χ3n) is 7.42. The van der Waals surface area contributed by atoms with Crippen molar-refractivity contribution >= 4 is 23.1 Å². The number of likely N-dealkylation sites (N-methyl/N-ethyl adjacent to an activating group) is 1. The molecule has 1 fully saturated rings. The molecule has 2 unspecified atom stereocenters. The summed E-state index contributed by atoms with van der Waals surface area (Å²) < 4.78 is 20.4. The molecule has 0 saturated carbocycles. The standard InChI is InChI=1S/C31H29FN6O2/c1-38(2)26-17-34-29(26)30(39)18-11-12-22-24(13-18)28(23-9-4-5-10-25(23)32)33-15-19-16-35-31(37-27(19)22)36-20-7-6-8-21(14-20)40-3/h4-14,16,26,29,34H,15,17H2,1-3H3,(H,35,36,37). The summed E-state index contributed by atoms with van der Waals surface area (Å²) in [5.74, 6) is 0.727. The molecule has 6 rings (SSSR count). The monoisotopic (exact) mass is 536 g/mol. The predicted molar refractivity (Wildman–Crippen MR) is 153 cm³/mol. The molecule has 3 heterocycles. The number of ketones is 1. The lowest BCUT2D eigenvalue weighted by molar-refractivity contribution is 0.0762. The summed E-state index contributed by atoms with van der Waals surface area (Å²) in [5.41, 5.74) is 5.06. The number of ether oxygens (including phenoxy) is 1. The van der Waals surface area contributed by atoms with Crippen molar-refractivity contribution in [3.8, 4) is 17.0 Å². The Kier molecular flexibility index (Phi) is 6.83. The van der Waals surface area contributed by atoms with Crippen LogP contribution in [0.4, 0.5) is 16.0 Å². The van der Waals surface area contributed by atoms with E-state index in [1.165, 1.54) is 6.07 Å². The Hall–Kier alpha value is -4.47. The number of nitrogens with one attached hydrogen (secondary N) is 2. The Bertz CT molecular complexity index is 1640. The molecule has 0 bridgehead atoms. The van der Waals surface area contributed by atoms with E-state index < -0.39 is 0 Å². The number of aliphatic imine (C=N–C) groups is 1. The lowest BCUT2D eigenvalue weighted by Gasteiger charge is -2.41. The summed E-state index contributed by atoms with van der Waals surface area (Å²) in [6.45, 7) is 1.02. The SMILES string of the molecule is COc1cccc(Nc2ncc3c(n2)-c2ccc(C(=O)C4NCC4N(C)C)cc2C(c2ccccc2F)=NC3)c1. The second kappa shape index (κ2) is 10.6. The fourth-order valence-corrected chi connectivity index (χ4v) is 5.15. The van der Waals surface area contributed by atoms with Crippen LogP contribution in [0.25, 0.3) is 11.3 Å². The summed E-state index contributed by atoms with van der Waals surface area (Å²) in [6, 6.07) is 19.4. The number of benzene rings is 3. The first-order valence-electron chi connectivity index (χ1n) is 13.1. The van der Waals surface area contributed by atoms with Crippen molar-refractivity contribution in [3.63, 3.8) is 0 Å². The molecule has 0 spiro atoms. The molecule has 1 aromatic heterocycles. The van der Waals surface area contributed by atoms with Crippen LogP contribution < -0.4 is 15.4 Å². The number of Topliss-reactive ketones (excluding diaryl/α,β-unsaturated/α-hetero) is 1. The number of fused-ring (bicyclic) bond motifs is 3. The minimum atomic E-state index is -0.380. The maximum absolute atomic E-state index is 15.1. The number of aromatic nitrogens is 2. The molecule has 8 nitrogen and oxygen atoms in total. The highest BCUT2D eigenvalue weighted by atomic mass is 19.1. The zero-order valence-corrected chi connectivity index (χ0v) is 22.5. The molecule has 202 valence electrons. The van der Waals surface area contributed by atoms with Crippen LogP contribution in [0.1, 0.15) is 27.0 Å². The van der Waals surface area contributed by atoms with E-state index in [1.54, 1.807) is 31.5 Å². The van der Waals surface area contributed by atoms with Gasteiger partial charge in [-0.15, -0.1) is 0 Å². The molecule has 4 aromatic rings. The third kappa shape index (κ3) is 4.74. The molecule has 0 aliphatic carbocycles. The van der Waals surface area contributed by atoms with Crippen LogP contribution in [0, 0.1) is 5.82 Å². The van der Waals surface area contributed by atoms with E-state index in [9.17, 15) is 4.79 Å². The Morgan fingerprint density at radius 3 is 2.65 bits per heavy atom. The molecular weight excluding hydrogens is 507 g/mol. The van der Waals surface area contributed by atoms with E-state index in [4.69, 9.17) is 14.7 Å². The van der Waals surface area contributed by atoms with Crippen LogP contribution in [0.5, 0.6) is 5.75 Å². The van der Waals surface area contributed by atoms with Crippen molar-refractivity contribution in [2.75, 3.05) is 33.1 Å². The fraction of sp³-hybridized carbons (Fsp3) is 0.226. The lowest BCUT2D eigenvalue weighted by atomic mass is 9.87. The zero-order valence-electron chi connectivity index (χ0n) is 22.5. The molecule has 0 amide bonds. The molecule has 9 heteroatoms. The summed E-state index contributed by atoms with van der Waals surface area (Å²) >= 11 is 0. The van der Waals surface area contributed by atoms with Gasteiger partial charge in [0.1, 0.15) is 11.6 Å². The topological polar surface area (TPSA) is 91.7 Å². The number of nitrogens with zero attached hydrogens (tertiary/aromatic N) is 4. The number of hydrogen-bond donors (Lipinski definition) is 2. The Balaban J connectivity index is 1.45. The van der Waals surface area contributed by atoms with E-state index in [-0.39, 0.29) is 30.2 Å². The van der Waals surface area contributed by atoms with Crippen molar-refractivity contribution in [1.29, 1.82) is 0 Å². The van der Waals surface area contributed by atoms with Crippen molar-refractivity contribution in [1.82, 2.24) is 20.2 Å². The molecule has 2 aliphatic rings. The number of methoxy groups -OCH3 is 1. The van der Waals surface area contributed by atoms with E-state index in [0.29, 0.717) is 39.8 Å². The average molecular weight is 537 g/mol. The second-order valence-electron chi connectivity index (χ2n) is 10.1. The highest BCUT2D eigenvalue weighted by molar-refractivity contribution is 6.18. The Morgan fingerprint density at radius 2 is 1.90 bits per heavy atom. The quantitative estimate of drug-likeness (QED) is 0.337. The maximum Gasteiger partial charge on any atom is 0.227 e. The van der Waals surface area contributed by atoms with Gasteiger partial charge in [0, 0.05) is 58.4 Å². The summed E-state index contributed by atoms with van der Waals surface area (Å²) in [4.78, 5) is 29.8. The van der Waals surface area contributed by atoms with Gasteiger partial charge in [-0.2, -0.15) is 0 Å². The number of rotatable bonds is 7. The highest BCUT2D eigenvalue weighted by Gasteiger charge is 2.38. The molecular formula is C31H29FN6O2. The number of hydrogen-bond acceptors (Lipinski definition) is 8. The predicted octanol–water partition coefficient (Wildman–Crippen LogP) is 4.47. The van der Waals surface area contributed by atoms with Crippen LogP contribution in [0.15, 0.2) is 77.9 Å². The first-order valence-corrected chi connectivity index (χ1v) is 13.1. The fourth-order valence-electron chi connectivity index (χ4n) is 5.15. The Morgan fingerprint density at radius 1 is 1.05 bits per heavy atom. The minimum Gasteiger partial charge on any atom is -0.497 e. The summed E-state index contributed by atoms with van der Waals surface area (Å²) in [5, 5.41) is 6.50. The van der Waals surface area contributed by atoms with Crippen molar-refractivity contribution < 1.29 is 13.9 Å². The Labute approximate surface area is 232 Å². The van der Waals surface area contributed by atoms with Crippen LogP contribution >= 0.6 is 0 Å². The van der Waals surface area contributed by atoms with Crippen LogP contribution in [-0.4, -0.2) is 66.2 Å². The largest absolute Gasteiger partial charge is 0.497 e. The molecule has 2 atom stereocenters. The van der Waals surface area contributed by atoms with Crippen molar-refractivity contribution in [2.24, 2.45) is 4.99 Å². The first kappa shape index (κ1) is 25.8. The first-order chi connectivity index (χ1) is 19.4. The molecule has 1 saturated heterocycles. The van der Waals surface area contributed by atoms with E-state index in [0.717, 1.165) is 23.4 Å². The number of halogens is 1. The van der Waals surface area contributed by atoms with Gasteiger partial charge in [-0.05, 0) is 44.4 Å². The lowest BCUT2D eigenvalue weighted by Crippen LogP contribution is -2.66. The maximum atomic E-state index is 15.1. The average Bonchev–Trinajstić information content (AvgIpc) is 3.09. The normalized spacial score (nSPS) is 17.7. The molecule has 2 aliphatic heterocycles. The third-order valence-corrected chi connectivity index (χ3v) is 7.42. The van der Waals surface area contributed by atoms with Gasteiger partial charge < -0.3 is 20.3 Å². The van der Waals surface area contributed by atoms with Crippen LogP contribution in [0.3, 0.4) is 0 Å². The smallest absolute Gasteiger partial charge is 0.227 e. The number of carbonyl (C=O) groups excluding carboxylic acids is 1. The van der Waals surface area contributed by atoms with Crippen molar-refractivity contribution in [3.05, 3.63) is 101 Å².